The first-order valence-corrected chi connectivity index (χ1v) is 6.69. The normalized spacial score (nSPS) is 15.8. The summed E-state index contributed by atoms with van der Waals surface area (Å²) in [6.07, 6.45) is 0.913. The average Bonchev–Trinajstić information content (AvgIpc) is 2.31. The number of hydrogen-bond donors (Lipinski definition) is 1. The highest BCUT2D eigenvalue weighted by atomic mass is 79.9. The third-order valence-corrected chi connectivity index (χ3v) is 3.14. The van der Waals surface area contributed by atoms with Crippen LogP contribution in [0.3, 0.4) is 0 Å². The Morgan fingerprint density at radius 1 is 1.39 bits per heavy atom. The first kappa shape index (κ1) is 13.0. The van der Waals surface area contributed by atoms with Crippen LogP contribution in [0, 0.1) is 5.82 Å². The van der Waals surface area contributed by atoms with Gasteiger partial charge >= 0.3 is 6.03 Å². The van der Waals surface area contributed by atoms with E-state index in [1.165, 1.54) is 11.0 Å². The van der Waals surface area contributed by atoms with Gasteiger partial charge in [-0.3, -0.25) is 15.0 Å². The van der Waals surface area contributed by atoms with Crippen LogP contribution in [0.1, 0.15) is 12.0 Å². The molecule has 1 N–H and O–H groups in total. The van der Waals surface area contributed by atoms with Crippen molar-refractivity contribution in [3.05, 3.63) is 29.6 Å². The number of anilines is 1. The van der Waals surface area contributed by atoms with Crippen LogP contribution >= 0.6 is 15.9 Å². The second kappa shape index (κ2) is 5.48. The molecule has 0 saturated carbocycles. The second-order valence-corrected chi connectivity index (χ2v) is 4.77. The molecule has 18 heavy (non-hydrogen) atoms. The van der Waals surface area contributed by atoms with E-state index in [9.17, 15) is 14.0 Å². The first-order chi connectivity index (χ1) is 8.61. The Labute approximate surface area is 112 Å². The van der Waals surface area contributed by atoms with Gasteiger partial charge in [-0.25, -0.2) is 9.18 Å². The molecule has 0 atom stereocenters. The quantitative estimate of drug-likeness (QED) is 0.870. The average molecular weight is 315 g/mol. The van der Waals surface area contributed by atoms with E-state index in [0.29, 0.717) is 0 Å². The number of urea groups is 1. The highest BCUT2D eigenvalue weighted by molar-refractivity contribution is 9.09. The molecular formula is C12H12BrFN2O2. The van der Waals surface area contributed by atoms with E-state index in [-0.39, 0.29) is 24.6 Å². The van der Waals surface area contributed by atoms with Gasteiger partial charge in [0, 0.05) is 18.3 Å². The summed E-state index contributed by atoms with van der Waals surface area (Å²) in [5, 5.41) is 2.92. The summed E-state index contributed by atoms with van der Waals surface area (Å²) in [5.41, 5.74) is 1.07. The van der Waals surface area contributed by atoms with Crippen molar-refractivity contribution in [1.82, 2.24) is 5.32 Å². The van der Waals surface area contributed by atoms with Crippen LogP contribution in [0.5, 0.6) is 0 Å². The van der Waals surface area contributed by atoms with Crippen molar-refractivity contribution in [2.75, 3.05) is 16.8 Å². The SMILES string of the molecule is O=C1CCN(c2ccc(CCBr)cc2F)C(=O)N1. The number of amides is 3. The predicted molar refractivity (Wildman–Crippen MR) is 69.4 cm³/mol. The number of hydrogen-bond acceptors (Lipinski definition) is 2. The van der Waals surface area contributed by atoms with E-state index in [1.54, 1.807) is 12.1 Å². The maximum Gasteiger partial charge on any atom is 0.328 e. The maximum absolute atomic E-state index is 13.9. The molecular weight excluding hydrogens is 303 g/mol. The zero-order valence-electron chi connectivity index (χ0n) is 9.58. The zero-order valence-corrected chi connectivity index (χ0v) is 11.2. The molecule has 1 aliphatic heterocycles. The van der Waals surface area contributed by atoms with Crippen LogP contribution in [-0.2, 0) is 11.2 Å². The number of carbonyl (C=O) groups is 2. The van der Waals surface area contributed by atoms with Gasteiger partial charge in [0.15, 0.2) is 0 Å². The summed E-state index contributed by atoms with van der Waals surface area (Å²) >= 11 is 3.29. The lowest BCUT2D eigenvalue weighted by molar-refractivity contribution is -0.120. The third-order valence-electron chi connectivity index (χ3n) is 2.74. The summed E-state index contributed by atoms with van der Waals surface area (Å²) in [5.74, 6) is -0.773. The summed E-state index contributed by atoms with van der Waals surface area (Å²) in [7, 11) is 0. The van der Waals surface area contributed by atoms with Gasteiger partial charge in [-0.1, -0.05) is 22.0 Å². The number of aryl methyl sites for hydroxylation is 1. The van der Waals surface area contributed by atoms with Gasteiger partial charge in [-0.05, 0) is 24.1 Å². The summed E-state index contributed by atoms with van der Waals surface area (Å²) in [6, 6.07) is 4.20. The Morgan fingerprint density at radius 3 is 2.78 bits per heavy atom. The smallest absolute Gasteiger partial charge is 0.291 e. The number of alkyl halides is 1. The van der Waals surface area contributed by atoms with Crippen LogP contribution in [-0.4, -0.2) is 23.8 Å². The zero-order chi connectivity index (χ0) is 13.1. The Balaban J connectivity index is 2.23. The van der Waals surface area contributed by atoms with E-state index in [0.717, 1.165) is 17.3 Å². The number of nitrogens with one attached hydrogen (secondary N) is 1. The van der Waals surface area contributed by atoms with E-state index in [4.69, 9.17) is 0 Å². The molecule has 0 spiro atoms. The van der Waals surface area contributed by atoms with E-state index >= 15 is 0 Å². The number of imide groups is 1. The topological polar surface area (TPSA) is 49.4 Å². The van der Waals surface area contributed by atoms with Crippen molar-refractivity contribution in [3.8, 4) is 0 Å². The van der Waals surface area contributed by atoms with Gasteiger partial charge in [0.25, 0.3) is 0 Å². The van der Waals surface area contributed by atoms with Gasteiger partial charge in [0.1, 0.15) is 5.82 Å². The van der Waals surface area contributed by atoms with Gasteiger partial charge in [0.2, 0.25) is 5.91 Å². The molecule has 3 amide bonds. The lowest BCUT2D eigenvalue weighted by atomic mass is 10.1. The maximum atomic E-state index is 13.9. The van der Waals surface area contributed by atoms with Crippen molar-refractivity contribution in [3.63, 3.8) is 0 Å². The van der Waals surface area contributed by atoms with Gasteiger partial charge in [-0.2, -0.15) is 0 Å². The number of benzene rings is 1. The molecule has 0 radical (unpaired) electrons. The molecule has 1 saturated heterocycles. The molecule has 4 nitrogen and oxygen atoms in total. The fourth-order valence-electron chi connectivity index (χ4n) is 1.83. The lowest BCUT2D eigenvalue weighted by Gasteiger charge is -2.26. The van der Waals surface area contributed by atoms with Gasteiger partial charge in [-0.15, -0.1) is 0 Å². The molecule has 96 valence electrons. The Hall–Kier alpha value is -1.43. The number of rotatable bonds is 3. The van der Waals surface area contributed by atoms with Crippen molar-refractivity contribution in [2.24, 2.45) is 0 Å². The van der Waals surface area contributed by atoms with E-state index in [1.807, 2.05) is 0 Å². The fraction of sp³-hybridized carbons (Fsp3) is 0.333. The lowest BCUT2D eigenvalue weighted by Crippen LogP contribution is -2.49. The third kappa shape index (κ3) is 2.69. The summed E-state index contributed by atoms with van der Waals surface area (Å²) in [4.78, 5) is 23.8. The van der Waals surface area contributed by atoms with Crippen molar-refractivity contribution < 1.29 is 14.0 Å². The van der Waals surface area contributed by atoms with Gasteiger partial charge < -0.3 is 0 Å². The van der Waals surface area contributed by atoms with Crippen molar-refractivity contribution >= 4 is 33.6 Å². The minimum absolute atomic E-state index is 0.189. The largest absolute Gasteiger partial charge is 0.328 e. The van der Waals surface area contributed by atoms with Crippen molar-refractivity contribution in [2.45, 2.75) is 12.8 Å². The molecule has 1 aliphatic rings. The first-order valence-electron chi connectivity index (χ1n) is 5.57. The highest BCUT2D eigenvalue weighted by Crippen LogP contribution is 2.22. The number of carbonyl (C=O) groups excluding carboxylic acids is 2. The predicted octanol–water partition coefficient (Wildman–Crippen LogP) is 2.21. The van der Waals surface area contributed by atoms with E-state index < -0.39 is 11.8 Å². The summed E-state index contributed by atoms with van der Waals surface area (Å²) < 4.78 is 13.9. The Morgan fingerprint density at radius 2 is 2.17 bits per heavy atom. The fourth-order valence-corrected chi connectivity index (χ4v) is 2.29. The summed E-state index contributed by atoms with van der Waals surface area (Å²) in [6.45, 7) is 0.208. The molecule has 1 fully saturated rings. The molecule has 1 aromatic rings. The monoisotopic (exact) mass is 314 g/mol. The van der Waals surface area contributed by atoms with Gasteiger partial charge in [0.05, 0.1) is 5.69 Å². The number of halogens is 2. The minimum atomic E-state index is -0.571. The van der Waals surface area contributed by atoms with Crippen LogP contribution in [0.15, 0.2) is 18.2 Å². The van der Waals surface area contributed by atoms with Crippen LogP contribution in [0.4, 0.5) is 14.9 Å². The second-order valence-electron chi connectivity index (χ2n) is 3.98. The highest BCUT2D eigenvalue weighted by Gasteiger charge is 2.26. The molecule has 1 heterocycles. The Bertz CT molecular complexity index is 493. The van der Waals surface area contributed by atoms with Crippen molar-refractivity contribution in [1.29, 1.82) is 0 Å². The molecule has 0 unspecified atom stereocenters. The van der Waals surface area contributed by atoms with E-state index in [2.05, 4.69) is 21.2 Å². The molecule has 2 rings (SSSR count). The molecule has 6 heteroatoms. The molecule has 0 aromatic heterocycles. The minimum Gasteiger partial charge on any atom is -0.291 e. The molecule has 0 aliphatic carbocycles. The standard InChI is InChI=1S/C12H12BrFN2O2/c13-5-3-8-1-2-10(9(14)7-8)16-6-4-11(17)15-12(16)18/h1-2,7H,3-6H2,(H,15,17,18). The Kier molecular flexibility index (Phi) is 3.96. The molecule has 0 bridgehead atoms. The van der Waals surface area contributed by atoms with Crippen LogP contribution < -0.4 is 10.2 Å². The van der Waals surface area contributed by atoms with Crippen LogP contribution in [0.2, 0.25) is 0 Å². The number of nitrogens with zero attached hydrogens (tertiary/aromatic N) is 1. The van der Waals surface area contributed by atoms with Crippen LogP contribution in [0.25, 0.3) is 0 Å². The molecule has 1 aromatic carbocycles.